The molecule has 0 aromatic carbocycles. The molecule has 0 saturated heterocycles. The maximum absolute atomic E-state index is 11.0. The number of aromatic nitrogens is 4. The first-order chi connectivity index (χ1) is 7.18. The van der Waals surface area contributed by atoms with E-state index in [1.165, 1.54) is 13.3 Å². The SMILES string of the molecule is CC(=O)c1ncc(-c2cncnc2C)[nH]1. The van der Waals surface area contributed by atoms with Gasteiger partial charge in [0.15, 0.2) is 11.6 Å². The standard InChI is InChI=1S/C10H10N4O/c1-6-8(3-11-5-13-6)9-4-12-10(14-9)7(2)15/h3-5H,1-2H3,(H,12,14). The summed E-state index contributed by atoms with van der Waals surface area (Å²) in [5.74, 6) is 0.268. The molecule has 1 N–H and O–H groups in total. The fraction of sp³-hybridized carbons (Fsp3) is 0.200. The van der Waals surface area contributed by atoms with Gasteiger partial charge >= 0.3 is 0 Å². The molecular formula is C10H10N4O. The van der Waals surface area contributed by atoms with Crippen molar-refractivity contribution in [1.82, 2.24) is 19.9 Å². The van der Waals surface area contributed by atoms with Crippen molar-refractivity contribution in [2.24, 2.45) is 0 Å². The minimum atomic E-state index is -0.0873. The summed E-state index contributed by atoms with van der Waals surface area (Å²) in [5.41, 5.74) is 2.47. The van der Waals surface area contributed by atoms with E-state index in [0.29, 0.717) is 5.82 Å². The highest BCUT2D eigenvalue weighted by Crippen LogP contribution is 2.18. The van der Waals surface area contributed by atoms with Crippen LogP contribution in [-0.2, 0) is 0 Å². The van der Waals surface area contributed by atoms with Crippen LogP contribution in [0.15, 0.2) is 18.7 Å². The number of H-pyrrole nitrogens is 1. The van der Waals surface area contributed by atoms with Crippen LogP contribution in [0.1, 0.15) is 23.2 Å². The van der Waals surface area contributed by atoms with Gasteiger partial charge in [-0.25, -0.2) is 15.0 Å². The van der Waals surface area contributed by atoms with Crippen molar-refractivity contribution < 1.29 is 4.79 Å². The molecule has 0 bridgehead atoms. The van der Waals surface area contributed by atoms with Crippen LogP contribution < -0.4 is 0 Å². The van der Waals surface area contributed by atoms with Gasteiger partial charge in [0, 0.05) is 18.7 Å². The average Bonchev–Trinajstić information content (AvgIpc) is 2.67. The van der Waals surface area contributed by atoms with Crippen molar-refractivity contribution in [1.29, 1.82) is 0 Å². The summed E-state index contributed by atoms with van der Waals surface area (Å²) in [4.78, 5) is 25.9. The van der Waals surface area contributed by atoms with E-state index in [2.05, 4.69) is 19.9 Å². The van der Waals surface area contributed by atoms with Crippen molar-refractivity contribution in [3.8, 4) is 11.3 Å². The monoisotopic (exact) mass is 202 g/mol. The van der Waals surface area contributed by atoms with E-state index in [9.17, 15) is 4.79 Å². The number of carbonyl (C=O) groups excluding carboxylic acids is 1. The normalized spacial score (nSPS) is 10.3. The van der Waals surface area contributed by atoms with Gasteiger partial charge in [0.1, 0.15) is 6.33 Å². The van der Waals surface area contributed by atoms with Crippen molar-refractivity contribution in [2.75, 3.05) is 0 Å². The van der Waals surface area contributed by atoms with E-state index < -0.39 is 0 Å². The fourth-order valence-electron chi connectivity index (χ4n) is 1.29. The third kappa shape index (κ3) is 1.76. The van der Waals surface area contributed by atoms with E-state index in [0.717, 1.165) is 17.0 Å². The molecule has 15 heavy (non-hydrogen) atoms. The lowest BCUT2D eigenvalue weighted by Crippen LogP contribution is -1.94. The molecule has 5 nitrogen and oxygen atoms in total. The molecule has 0 amide bonds. The summed E-state index contributed by atoms with van der Waals surface area (Å²) in [6.45, 7) is 3.35. The van der Waals surface area contributed by atoms with Gasteiger partial charge in [-0.15, -0.1) is 0 Å². The molecule has 0 aliphatic carbocycles. The van der Waals surface area contributed by atoms with Crippen LogP contribution in [0.2, 0.25) is 0 Å². The van der Waals surface area contributed by atoms with Crippen molar-refractivity contribution in [3.05, 3.63) is 30.2 Å². The van der Waals surface area contributed by atoms with E-state index >= 15 is 0 Å². The zero-order chi connectivity index (χ0) is 10.8. The van der Waals surface area contributed by atoms with Gasteiger partial charge in [0.2, 0.25) is 0 Å². The molecule has 0 saturated carbocycles. The van der Waals surface area contributed by atoms with Gasteiger partial charge in [-0.2, -0.15) is 0 Å². The highest BCUT2D eigenvalue weighted by molar-refractivity contribution is 5.91. The number of aromatic amines is 1. The summed E-state index contributed by atoms with van der Waals surface area (Å²) >= 11 is 0. The fourth-order valence-corrected chi connectivity index (χ4v) is 1.29. The third-order valence-corrected chi connectivity index (χ3v) is 2.11. The van der Waals surface area contributed by atoms with Crippen LogP contribution in [0, 0.1) is 6.92 Å². The lowest BCUT2D eigenvalue weighted by atomic mass is 10.2. The maximum Gasteiger partial charge on any atom is 0.194 e. The molecule has 0 atom stereocenters. The first-order valence-electron chi connectivity index (χ1n) is 4.51. The Balaban J connectivity index is 2.46. The highest BCUT2D eigenvalue weighted by Gasteiger charge is 2.08. The van der Waals surface area contributed by atoms with E-state index in [1.54, 1.807) is 12.4 Å². The molecule has 0 aliphatic rings. The Hall–Kier alpha value is -2.04. The topological polar surface area (TPSA) is 71.5 Å². The van der Waals surface area contributed by atoms with Crippen LogP contribution in [0.3, 0.4) is 0 Å². The van der Waals surface area contributed by atoms with Crippen LogP contribution in [0.25, 0.3) is 11.3 Å². The number of Topliss-reactive ketones (excluding diaryl/α,β-unsaturated/α-hetero) is 1. The number of aryl methyl sites for hydroxylation is 1. The Morgan fingerprint density at radius 1 is 1.33 bits per heavy atom. The maximum atomic E-state index is 11.0. The smallest absolute Gasteiger partial charge is 0.194 e. The molecular weight excluding hydrogens is 192 g/mol. The zero-order valence-corrected chi connectivity index (χ0v) is 8.48. The van der Waals surface area contributed by atoms with E-state index in [-0.39, 0.29) is 5.78 Å². The third-order valence-electron chi connectivity index (χ3n) is 2.11. The van der Waals surface area contributed by atoms with E-state index in [4.69, 9.17) is 0 Å². The largest absolute Gasteiger partial charge is 0.335 e. The van der Waals surface area contributed by atoms with Crippen molar-refractivity contribution in [3.63, 3.8) is 0 Å². The number of nitrogens with one attached hydrogen (secondary N) is 1. The van der Waals surface area contributed by atoms with Gasteiger partial charge in [0.05, 0.1) is 17.6 Å². The van der Waals surface area contributed by atoms with E-state index in [1.807, 2.05) is 6.92 Å². The number of imidazole rings is 1. The second-order valence-electron chi connectivity index (χ2n) is 3.22. The highest BCUT2D eigenvalue weighted by atomic mass is 16.1. The quantitative estimate of drug-likeness (QED) is 0.747. The summed E-state index contributed by atoms with van der Waals surface area (Å²) in [6.07, 6.45) is 4.79. The van der Waals surface area contributed by atoms with Crippen LogP contribution >= 0.6 is 0 Å². The summed E-state index contributed by atoms with van der Waals surface area (Å²) < 4.78 is 0. The first-order valence-corrected chi connectivity index (χ1v) is 4.51. The summed E-state index contributed by atoms with van der Waals surface area (Å²) in [5, 5.41) is 0. The summed E-state index contributed by atoms with van der Waals surface area (Å²) in [7, 11) is 0. The molecule has 5 heteroatoms. The molecule has 0 unspecified atom stereocenters. The first kappa shape index (κ1) is 9.51. The number of hydrogen-bond acceptors (Lipinski definition) is 4. The Kier molecular flexibility index (Phi) is 2.29. The number of ketones is 1. The van der Waals surface area contributed by atoms with Gasteiger partial charge < -0.3 is 4.98 Å². The Morgan fingerprint density at radius 2 is 2.13 bits per heavy atom. The van der Waals surface area contributed by atoms with Crippen LogP contribution in [0.4, 0.5) is 0 Å². The zero-order valence-electron chi connectivity index (χ0n) is 8.48. The van der Waals surface area contributed by atoms with Crippen LogP contribution in [-0.4, -0.2) is 25.7 Å². The molecule has 2 aromatic heterocycles. The minimum Gasteiger partial charge on any atom is -0.335 e. The Morgan fingerprint density at radius 3 is 2.73 bits per heavy atom. The molecule has 0 aliphatic heterocycles. The summed E-state index contributed by atoms with van der Waals surface area (Å²) in [6, 6.07) is 0. The molecule has 0 radical (unpaired) electrons. The molecule has 0 fully saturated rings. The molecule has 2 aromatic rings. The molecule has 76 valence electrons. The van der Waals surface area contributed by atoms with Gasteiger partial charge in [-0.3, -0.25) is 4.79 Å². The Labute approximate surface area is 86.6 Å². The van der Waals surface area contributed by atoms with Gasteiger partial charge in [0.25, 0.3) is 0 Å². The number of nitrogens with zero attached hydrogens (tertiary/aromatic N) is 3. The number of carbonyl (C=O) groups is 1. The second-order valence-corrected chi connectivity index (χ2v) is 3.22. The van der Waals surface area contributed by atoms with Crippen molar-refractivity contribution >= 4 is 5.78 Å². The van der Waals surface area contributed by atoms with Crippen LogP contribution in [0.5, 0.6) is 0 Å². The second kappa shape index (κ2) is 3.61. The molecule has 2 rings (SSSR count). The number of hydrogen-bond donors (Lipinski definition) is 1. The predicted molar refractivity (Wildman–Crippen MR) is 54.4 cm³/mol. The average molecular weight is 202 g/mol. The predicted octanol–water partition coefficient (Wildman–Crippen LogP) is 1.38. The van der Waals surface area contributed by atoms with Crippen molar-refractivity contribution in [2.45, 2.75) is 13.8 Å². The Bertz CT molecular complexity index is 504. The number of rotatable bonds is 2. The molecule has 0 spiro atoms. The minimum absolute atomic E-state index is 0.0873. The lowest BCUT2D eigenvalue weighted by molar-refractivity contribution is 0.100. The van der Waals surface area contributed by atoms with Gasteiger partial charge in [-0.05, 0) is 6.92 Å². The lowest BCUT2D eigenvalue weighted by Gasteiger charge is -1.99. The van der Waals surface area contributed by atoms with Gasteiger partial charge in [-0.1, -0.05) is 0 Å². The molecule has 2 heterocycles.